The molecule has 0 radical (unpaired) electrons. The highest BCUT2D eigenvalue weighted by atomic mass is 16.6. The van der Waals surface area contributed by atoms with Crippen molar-refractivity contribution in [1.29, 1.82) is 0 Å². The van der Waals surface area contributed by atoms with E-state index >= 15 is 0 Å². The van der Waals surface area contributed by atoms with Gasteiger partial charge in [-0.05, 0) is 44.2 Å². The second-order valence-corrected chi connectivity index (χ2v) is 6.95. The minimum Gasteiger partial charge on any atom is -0.497 e. The standard InChI is InChI=1S/C24H27N3O8/c1-5-32-18-10-7-15(11-20(18)33-6-2)24(29)25-13-22(28)34-14-21-26-23(27-35-21)17-9-8-16(30-3)12-19(17)31-4/h7-12H,5-6,13-14H2,1-4H3,(H,25,29). The maximum atomic E-state index is 12.4. The predicted octanol–water partition coefficient (Wildman–Crippen LogP) is 3.02. The number of carbonyl (C=O) groups excluding carboxylic acids is 2. The Balaban J connectivity index is 1.54. The van der Waals surface area contributed by atoms with Crippen LogP contribution in [0.4, 0.5) is 0 Å². The first-order valence-electron chi connectivity index (χ1n) is 10.9. The average molecular weight is 485 g/mol. The fraction of sp³-hybridized carbons (Fsp3) is 0.333. The highest BCUT2D eigenvalue weighted by molar-refractivity contribution is 5.96. The lowest BCUT2D eigenvalue weighted by molar-refractivity contribution is -0.144. The van der Waals surface area contributed by atoms with Crippen LogP contribution in [0.15, 0.2) is 40.9 Å². The molecule has 186 valence electrons. The molecular formula is C24H27N3O8. The fourth-order valence-corrected chi connectivity index (χ4v) is 3.05. The Labute approximate surface area is 202 Å². The molecule has 0 atom stereocenters. The zero-order valence-corrected chi connectivity index (χ0v) is 20.0. The average Bonchev–Trinajstić information content (AvgIpc) is 3.35. The molecule has 3 aromatic rings. The van der Waals surface area contributed by atoms with E-state index in [1.54, 1.807) is 43.5 Å². The minimum absolute atomic E-state index is 0.0883. The van der Waals surface area contributed by atoms with Gasteiger partial charge in [0.1, 0.15) is 18.0 Å². The van der Waals surface area contributed by atoms with Gasteiger partial charge in [0.15, 0.2) is 18.1 Å². The summed E-state index contributed by atoms with van der Waals surface area (Å²) in [5.41, 5.74) is 0.906. The van der Waals surface area contributed by atoms with Crippen LogP contribution in [-0.4, -0.2) is 56.0 Å². The molecule has 0 saturated heterocycles. The normalized spacial score (nSPS) is 10.4. The molecule has 11 nitrogen and oxygen atoms in total. The van der Waals surface area contributed by atoms with Gasteiger partial charge in [-0.2, -0.15) is 4.98 Å². The quantitative estimate of drug-likeness (QED) is 0.382. The number of methoxy groups -OCH3 is 2. The smallest absolute Gasteiger partial charge is 0.325 e. The molecule has 11 heteroatoms. The Kier molecular flexibility index (Phi) is 8.88. The second-order valence-electron chi connectivity index (χ2n) is 6.95. The van der Waals surface area contributed by atoms with Gasteiger partial charge in [-0.1, -0.05) is 5.16 Å². The Bertz CT molecular complexity index is 1160. The number of nitrogens with one attached hydrogen (secondary N) is 1. The number of ether oxygens (including phenoxy) is 5. The van der Waals surface area contributed by atoms with Gasteiger partial charge >= 0.3 is 5.97 Å². The van der Waals surface area contributed by atoms with Crippen molar-refractivity contribution in [3.63, 3.8) is 0 Å². The molecule has 1 amide bonds. The van der Waals surface area contributed by atoms with E-state index in [4.69, 9.17) is 28.2 Å². The van der Waals surface area contributed by atoms with Crippen molar-refractivity contribution in [2.75, 3.05) is 34.0 Å². The molecule has 2 aromatic carbocycles. The summed E-state index contributed by atoms with van der Waals surface area (Å²) >= 11 is 0. The van der Waals surface area contributed by atoms with Crippen LogP contribution in [0.2, 0.25) is 0 Å². The molecule has 0 aliphatic rings. The van der Waals surface area contributed by atoms with Gasteiger partial charge in [0.2, 0.25) is 5.82 Å². The summed E-state index contributed by atoms with van der Waals surface area (Å²) in [4.78, 5) is 28.8. The summed E-state index contributed by atoms with van der Waals surface area (Å²) in [6, 6.07) is 9.94. The molecule has 0 saturated carbocycles. The van der Waals surface area contributed by atoms with Crippen LogP contribution in [0.1, 0.15) is 30.1 Å². The monoisotopic (exact) mass is 485 g/mol. The van der Waals surface area contributed by atoms with Crippen LogP contribution in [0, 0.1) is 0 Å². The minimum atomic E-state index is -0.670. The molecule has 1 aromatic heterocycles. The van der Waals surface area contributed by atoms with Crippen LogP contribution in [0.5, 0.6) is 23.0 Å². The number of nitrogens with zero attached hydrogens (tertiary/aromatic N) is 2. The highest BCUT2D eigenvalue weighted by Gasteiger charge is 2.17. The molecule has 0 bridgehead atoms. The summed E-state index contributed by atoms with van der Waals surface area (Å²) in [6.45, 7) is 3.97. The number of hydrogen-bond donors (Lipinski definition) is 1. The van der Waals surface area contributed by atoms with E-state index in [-0.39, 0.29) is 24.9 Å². The number of hydrogen-bond acceptors (Lipinski definition) is 10. The molecule has 0 spiro atoms. The topological polar surface area (TPSA) is 131 Å². The van der Waals surface area contributed by atoms with Gasteiger partial charge in [-0.25, -0.2) is 0 Å². The van der Waals surface area contributed by atoms with Crippen molar-refractivity contribution in [2.24, 2.45) is 0 Å². The molecule has 0 aliphatic heterocycles. The Morgan fingerprint density at radius 2 is 1.71 bits per heavy atom. The van der Waals surface area contributed by atoms with Crippen LogP contribution >= 0.6 is 0 Å². The van der Waals surface area contributed by atoms with Crippen molar-refractivity contribution in [2.45, 2.75) is 20.5 Å². The van der Waals surface area contributed by atoms with Crippen molar-refractivity contribution in [1.82, 2.24) is 15.5 Å². The molecule has 3 rings (SSSR count). The third-order valence-corrected chi connectivity index (χ3v) is 4.67. The summed E-state index contributed by atoms with van der Waals surface area (Å²) in [7, 11) is 3.06. The number of aromatic nitrogens is 2. The SMILES string of the molecule is CCOc1ccc(C(=O)NCC(=O)OCc2nc(-c3ccc(OC)cc3OC)no2)cc1OCC. The first-order valence-corrected chi connectivity index (χ1v) is 10.9. The van der Waals surface area contributed by atoms with E-state index in [2.05, 4.69) is 15.5 Å². The van der Waals surface area contributed by atoms with Gasteiger partial charge in [-0.3, -0.25) is 9.59 Å². The highest BCUT2D eigenvalue weighted by Crippen LogP contribution is 2.31. The number of carbonyl (C=O) groups is 2. The molecule has 0 aliphatic carbocycles. The maximum absolute atomic E-state index is 12.4. The third kappa shape index (κ3) is 6.62. The Morgan fingerprint density at radius 3 is 2.43 bits per heavy atom. The zero-order valence-electron chi connectivity index (χ0n) is 20.0. The lowest BCUT2D eigenvalue weighted by Gasteiger charge is -2.12. The lowest BCUT2D eigenvalue weighted by atomic mass is 10.2. The largest absolute Gasteiger partial charge is 0.497 e. The molecule has 1 heterocycles. The van der Waals surface area contributed by atoms with E-state index in [0.29, 0.717) is 47.3 Å². The van der Waals surface area contributed by atoms with Crippen LogP contribution < -0.4 is 24.3 Å². The molecule has 35 heavy (non-hydrogen) atoms. The van der Waals surface area contributed by atoms with Gasteiger partial charge < -0.3 is 33.5 Å². The third-order valence-electron chi connectivity index (χ3n) is 4.67. The number of amides is 1. The van der Waals surface area contributed by atoms with E-state index < -0.39 is 11.9 Å². The van der Waals surface area contributed by atoms with Crippen molar-refractivity contribution in [3.05, 3.63) is 47.9 Å². The van der Waals surface area contributed by atoms with Crippen molar-refractivity contribution < 1.29 is 37.8 Å². The summed E-state index contributed by atoms with van der Waals surface area (Å²) < 4.78 is 31.8. The van der Waals surface area contributed by atoms with Crippen molar-refractivity contribution in [3.8, 4) is 34.4 Å². The molecule has 0 fully saturated rings. The molecular weight excluding hydrogens is 458 g/mol. The Morgan fingerprint density at radius 1 is 0.943 bits per heavy atom. The van der Waals surface area contributed by atoms with Gasteiger partial charge in [0, 0.05) is 11.6 Å². The summed E-state index contributed by atoms with van der Waals surface area (Å²) in [5, 5.41) is 6.40. The van der Waals surface area contributed by atoms with Crippen LogP contribution in [-0.2, 0) is 16.1 Å². The summed E-state index contributed by atoms with van der Waals surface area (Å²) in [6.07, 6.45) is 0. The van der Waals surface area contributed by atoms with Crippen LogP contribution in [0.3, 0.4) is 0 Å². The Hall–Kier alpha value is -4.28. The maximum Gasteiger partial charge on any atom is 0.325 e. The number of rotatable bonds is 12. The van der Waals surface area contributed by atoms with Gasteiger partial charge in [0.05, 0.1) is 33.0 Å². The van der Waals surface area contributed by atoms with Gasteiger partial charge in [-0.15, -0.1) is 0 Å². The van der Waals surface area contributed by atoms with Crippen LogP contribution in [0.25, 0.3) is 11.4 Å². The molecule has 1 N–H and O–H groups in total. The lowest BCUT2D eigenvalue weighted by Crippen LogP contribution is -2.30. The number of benzene rings is 2. The van der Waals surface area contributed by atoms with Crippen molar-refractivity contribution >= 4 is 11.9 Å². The first kappa shape index (κ1) is 25.3. The van der Waals surface area contributed by atoms with E-state index in [1.807, 2.05) is 13.8 Å². The number of esters is 1. The van der Waals surface area contributed by atoms with Gasteiger partial charge in [0.25, 0.3) is 11.8 Å². The van der Waals surface area contributed by atoms with E-state index in [9.17, 15) is 9.59 Å². The fourth-order valence-electron chi connectivity index (χ4n) is 3.05. The van der Waals surface area contributed by atoms with E-state index in [0.717, 1.165) is 0 Å². The predicted molar refractivity (Wildman–Crippen MR) is 124 cm³/mol. The zero-order chi connectivity index (χ0) is 25.2. The van der Waals surface area contributed by atoms with E-state index in [1.165, 1.54) is 7.11 Å². The summed E-state index contributed by atoms with van der Waals surface area (Å²) in [5.74, 6) is 1.33. The second kappa shape index (κ2) is 12.3. The molecule has 0 unspecified atom stereocenters. The first-order chi connectivity index (χ1) is 17.0.